The van der Waals surface area contributed by atoms with Crippen LogP contribution in [-0.2, 0) is 9.31 Å². The Kier molecular flexibility index (Phi) is 3.45. The fourth-order valence-corrected chi connectivity index (χ4v) is 1.63. The molecule has 0 aromatic heterocycles. The lowest BCUT2D eigenvalue weighted by Crippen LogP contribution is -2.50. The van der Waals surface area contributed by atoms with Crippen LogP contribution in [0.25, 0.3) is 0 Å². The normalized spacial score (nSPS) is 23.2. The Balaban J connectivity index is 2.65. The molecule has 1 saturated heterocycles. The van der Waals surface area contributed by atoms with E-state index in [0.29, 0.717) is 10.8 Å². The van der Waals surface area contributed by atoms with E-state index < -0.39 is 0 Å². The van der Waals surface area contributed by atoms with Gasteiger partial charge in [0.2, 0.25) is 0 Å². The summed E-state index contributed by atoms with van der Waals surface area (Å²) in [6.07, 6.45) is 0.639. The van der Waals surface area contributed by atoms with Gasteiger partial charge in [-0.2, -0.15) is 0 Å². The minimum atomic E-state index is -0.301. The van der Waals surface area contributed by atoms with Crippen LogP contribution in [0.1, 0.15) is 27.7 Å². The molecule has 0 unspecified atom stereocenters. The van der Waals surface area contributed by atoms with Crippen molar-refractivity contribution in [1.29, 1.82) is 5.26 Å². The van der Waals surface area contributed by atoms with E-state index in [4.69, 9.17) is 14.6 Å². The smallest absolute Gasteiger partial charge is 0.513 e. The average molecular weight is 222 g/mol. The molecule has 88 valence electrons. The molecule has 1 heterocycles. The highest BCUT2D eigenvalue weighted by atomic mass is 16.7. The van der Waals surface area contributed by atoms with E-state index in [0.717, 1.165) is 0 Å². The molecule has 1 fully saturated rings. The fourth-order valence-electron chi connectivity index (χ4n) is 1.63. The van der Waals surface area contributed by atoms with Crippen LogP contribution < -0.4 is 0 Å². The lowest BCUT2D eigenvalue weighted by atomic mass is 9.80. The largest absolute Gasteiger partial charge is 0.554 e. The molecule has 16 heavy (non-hydrogen) atoms. The van der Waals surface area contributed by atoms with Crippen molar-refractivity contribution < 1.29 is 13.7 Å². The molecule has 1 aliphatic rings. The van der Waals surface area contributed by atoms with Crippen LogP contribution >= 0.6 is 0 Å². The summed E-state index contributed by atoms with van der Waals surface area (Å²) < 4.78 is 12.2. The Labute approximate surface area is 99.5 Å². The molecular weight excluding hydrogens is 202 g/mol. The summed E-state index contributed by atoms with van der Waals surface area (Å²) in [6, 6.07) is 0. The Morgan fingerprint density at radius 2 is 1.62 bits per heavy atom. The van der Waals surface area contributed by atoms with Gasteiger partial charge in [0, 0.05) is 14.1 Å². The molecule has 1 aliphatic heterocycles. The second-order valence-corrected chi connectivity index (χ2v) is 5.91. The van der Waals surface area contributed by atoms with Gasteiger partial charge in [0.25, 0.3) is 0 Å². The first-order valence-electron chi connectivity index (χ1n) is 5.52. The van der Waals surface area contributed by atoms with E-state index in [-0.39, 0.29) is 18.3 Å². The Bertz CT molecular complexity index is 294. The predicted octanol–water partition coefficient (Wildman–Crippen LogP) is 0.794. The van der Waals surface area contributed by atoms with E-state index in [2.05, 4.69) is 5.97 Å². The van der Waals surface area contributed by atoms with E-state index >= 15 is 0 Å². The van der Waals surface area contributed by atoms with Crippen LogP contribution in [0.5, 0.6) is 0 Å². The Morgan fingerprint density at radius 3 is 2.00 bits per heavy atom. The van der Waals surface area contributed by atoms with Crippen LogP contribution in [0, 0.1) is 11.2 Å². The second kappa shape index (κ2) is 4.06. The van der Waals surface area contributed by atoms with Gasteiger partial charge in [0.1, 0.15) is 7.41 Å². The van der Waals surface area contributed by atoms with Gasteiger partial charge < -0.3 is 13.7 Å². The molecule has 0 atom stereocenters. The highest BCUT2D eigenvalue weighted by Crippen LogP contribution is 2.36. The zero-order chi connectivity index (χ0) is 12.6. The molecule has 4 nitrogen and oxygen atoms in total. The van der Waals surface area contributed by atoms with Crippen molar-refractivity contribution >= 4 is 14.5 Å². The second-order valence-electron chi connectivity index (χ2n) is 5.91. The van der Waals surface area contributed by atoms with E-state index in [1.165, 1.54) is 0 Å². The molecule has 1 rings (SSSR count). The quantitative estimate of drug-likeness (QED) is 0.663. The fraction of sp³-hybridized carbons (Fsp3) is 0.900. The summed E-state index contributed by atoms with van der Waals surface area (Å²) in [5.41, 5.74) is -0.603. The molecule has 0 aliphatic carbocycles. The molecule has 0 N–H and O–H groups in total. The molecule has 0 saturated carbocycles. The van der Waals surface area contributed by atoms with Gasteiger partial charge in [-0.25, -0.2) is 5.26 Å². The predicted molar refractivity (Wildman–Crippen MR) is 64.4 cm³/mol. The van der Waals surface area contributed by atoms with Crippen LogP contribution in [0.3, 0.4) is 0 Å². The van der Waals surface area contributed by atoms with Gasteiger partial charge in [-0.3, -0.25) is 0 Å². The highest BCUT2D eigenvalue weighted by Gasteiger charge is 2.52. The van der Waals surface area contributed by atoms with Gasteiger partial charge in [-0.1, -0.05) is 0 Å². The SMILES string of the molecule is CC1(C)OB(C[N+](C)(C)[B-]C#N)OC1(C)C. The van der Waals surface area contributed by atoms with Crippen molar-refractivity contribution in [2.45, 2.75) is 38.9 Å². The van der Waals surface area contributed by atoms with Crippen molar-refractivity contribution in [3.63, 3.8) is 0 Å². The molecule has 0 aromatic carbocycles. The molecule has 0 aromatic rings. The average Bonchev–Trinajstić information content (AvgIpc) is 2.17. The van der Waals surface area contributed by atoms with Crippen molar-refractivity contribution in [1.82, 2.24) is 0 Å². The topological polar surface area (TPSA) is 42.2 Å². The molecule has 2 radical (unpaired) electrons. The number of nitrogens with zero attached hydrogens (tertiary/aromatic N) is 2. The monoisotopic (exact) mass is 222 g/mol. The maximum Gasteiger partial charge on any atom is 0.513 e. The first kappa shape index (κ1) is 13.6. The number of hydrogen-bond donors (Lipinski definition) is 0. The number of quaternary nitrogens is 1. The van der Waals surface area contributed by atoms with Crippen LogP contribution in [0.2, 0.25) is 0 Å². The maximum atomic E-state index is 8.68. The van der Waals surface area contributed by atoms with Gasteiger partial charge in [0.05, 0.1) is 17.6 Å². The van der Waals surface area contributed by atoms with E-state index in [9.17, 15) is 0 Å². The third kappa shape index (κ3) is 2.79. The summed E-state index contributed by atoms with van der Waals surface area (Å²) in [6.45, 7) is 8.12. The lowest BCUT2D eigenvalue weighted by molar-refractivity contribution is -0.766. The third-order valence-electron chi connectivity index (χ3n) is 3.33. The summed E-state index contributed by atoms with van der Waals surface area (Å²) in [7, 11) is 5.22. The van der Waals surface area contributed by atoms with E-state index in [1.807, 2.05) is 41.8 Å². The zero-order valence-corrected chi connectivity index (χ0v) is 11.1. The molecule has 6 heteroatoms. The first-order chi connectivity index (χ1) is 7.10. The Hall–Kier alpha value is -0.500. The number of rotatable bonds is 3. The summed E-state index contributed by atoms with van der Waals surface area (Å²) in [5.74, 6) is 2.06. The van der Waals surface area contributed by atoms with Gasteiger partial charge in [0.15, 0.2) is 0 Å². The van der Waals surface area contributed by atoms with Crippen molar-refractivity contribution in [3.8, 4) is 5.97 Å². The van der Waals surface area contributed by atoms with Crippen LogP contribution in [-0.4, -0.2) is 50.7 Å². The summed E-state index contributed by atoms with van der Waals surface area (Å²) in [4.78, 5) is 0. The summed E-state index contributed by atoms with van der Waals surface area (Å²) >= 11 is 0. The minimum absolute atomic E-state index is 0.260. The highest BCUT2D eigenvalue weighted by molar-refractivity contribution is 6.47. The number of hydrogen-bond acceptors (Lipinski definition) is 3. The molecule has 0 spiro atoms. The first-order valence-corrected chi connectivity index (χ1v) is 5.52. The van der Waals surface area contributed by atoms with E-state index in [1.54, 1.807) is 7.41 Å². The van der Waals surface area contributed by atoms with Crippen molar-refractivity contribution in [2.75, 3.05) is 20.5 Å². The summed E-state index contributed by atoms with van der Waals surface area (Å²) in [5, 5.41) is 8.68. The minimum Gasteiger partial charge on any atom is -0.554 e. The third-order valence-corrected chi connectivity index (χ3v) is 3.33. The van der Waals surface area contributed by atoms with Crippen molar-refractivity contribution in [2.24, 2.45) is 0 Å². The molecular formula is C10H20B2N2O2. The standard InChI is InChI=1S/C10H20B2N2O2/c1-9(2)10(3,4)16-12(15-9)8-14(5,6)11-7-13/h8H2,1-6H3. The van der Waals surface area contributed by atoms with Crippen molar-refractivity contribution in [3.05, 3.63) is 0 Å². The lowest BCUT2D eigenvalue weighted by Gasteiger charge is -2.40. The van der Waals surface area contributed by atoms with Crippen LogP contribution in [0.15, 0.2) is 0 Å². The van der Waals surface area contributed by atoms with Crippen LogP contribution in [0.4, 0.5) is 0 Å². The Morgan fingerprint density at radius 1 is 1.19 bits per heavy atom. The van der Waals surface area contributed by atoms with Gasteiger partial charge in [-0.15, -0.1) is 5.97 Å². The molecule has 0 bridgehead atoms. The van der Waals surface area contributed by atoms with Gasteiger partial charge in [-0.05, 0) is 27.7 Å². The molecule has 0 amide bonds. The maximum absolute atomic E-state index is 8.68. The zero-order valence-electron chi connectivity index (χ0n) is 11.1. The number of nitriles is 1. The van der Waals surface area contributed by atoms with Gasteiger partial charge >= 0.3 is 7.12 Å².